The summed E-state index contributed by atoms with van der Waals surface area (Å²) in [5, 5.41) is 2.28. The Labute approximate surface area is 219 Å². The van der Waals surface area contributed by atoms with Crippen LogP contribution in [-0.4, -0.2) is 55.1 Å². The maximum atomic E-state index is 14.7. The van der Waals surface area contributed by atoms with Crippen LogP contribution in [0.1, 0.15) is 55.8 Å². The van der Waals surface area contributed by atoms with Crippen LogP contribution in [0.3, 0.4) is 0 Å². The van der Waals surface area contributed by atoms with Crippen molar-refractivity contribution in [2.24, 2.45) is 5.41 Å². The fraction of sp³-hybridized carbons (Fsp3) is 0.600. The molecule has 2 saturated heterocycles. The Hall–Kier alpha value is -3.06. The molecule has 1 spiro atoms. The van der Waals surface area contributed by atoms with Crippen molar-refractivity contribution >= 4 is 23.3 Å². The SMILES string of the molecule is CC.O=C(Nc1ccc(N2CCC(F)(F)CC2)c(F)c1)c1nc(N2CC3(C2)CC(F)(F)C3)oc1CC(F)(F)F. The molecule has 1 N–H and O–H groups in total. The number of carbonyl (C=O) groups is 1. The second-order valence-electron chi connectivity index (χ2n) is 10.1. The van der Waals surface area contributed by atoms with Crippen LogP contribution < -0.4 is 15.1 Å². The molecule has 1 saturated carbocycles. The normalized spacial score (nSPS) is 21.0. The lowest BCUT2D eigenvalue weighted by Gasteiger charge is -2.58. The quantitative estimate of drug-likeness (QED) is 0.409. The van der Waals surface area contributed by atoms with Gasteiger partial charge in [-0.3, -0.25) is 4.79 Å². The number of hydrogen-bond acceptors (Lipinski definition) is 5. The predicted molar refractivity (Wildman–Crippen MR) is 127 cm³/mol. The molecule has 3 fully saturated rings. The minimum Gasteiger partial charge on any atom is -0.427 e. The van der Waals surface area contributed by atoms with E-state index in [1.54, 1.807) is 0 Å². The standard InChI is InChI=1S/C23H22F8N4O2.C2H6/c24-14-7-13(1-2-15(14)34-5-3-21(25,26)4-6-34)32-18(36)17-16(8-23(29,30)31)37-19(33-17)35-11-20(12-35)9-22(27,28)10-20;1-2/h1-2,7H,3-6,8-12H2,(H,32,36);1-2H3. The van der Waals surface area contributed by atoms with E-state index >= 15 is 0 Å². The number of rotatable bonds is 5. The minimum atomic E-state index is -4.73. The number of aromatic nitrogens is 1. The van der Waals surface area contributed by atoms with E-state index in [1.807, 2.05) is 13.8 Å². The van der Waals surface area contributed by atoms with E-state index in [9.17, 15) is 39.9 Å². The molecular formula is C25H28F8N4O2. The van der Waals surface area contributed by atoms with E-state index in [0.29, 0.717) is 0 Å². The Morgan fingerprint density at radius 2 is 1.64 bits per heavy atom. The molecule has 0 bridgehead atoms. The third-order valence-electron chi connectivity index (χ3n) is 6.89. The molecule has 39 heavy (non-hydrogen) atoms. The highest BCUT2D eigenvalue weighted by Gasteiger charge is 2.62. The van der Waals surface area contributed by atoms with Gasteiger partial charge in [0.1, 0.15) is 18.0 Å². The van der Waals surface area contributed by atoms with Crippen molar-refractivity contribution in [3.8, 4) is 0 Å². The average Bonchev–Trinajstić information content (AvgIpc) is 3.19. The molecule has 2 aliphatic heterocycles. The topological polar surface area (TPSA) is 61.6 Å². The molecule has 5 rings (SSSR count). The Kier molecular flexibility index (Phi) is 7.54. The molecule has 14 heteroatoms. The highest BCUT2D eigenvalue weighted by atomic mass is 19.4. The number of oxazole rings is 1. The van der Waals surface area contributed by atoms with Gasteiger partial charge >= 0.3 is 6.18 Å². The van der Waals surface area contributed by atoms with Gasteiger partial charge in [-0.2, -0.15) is 18.2 Å². The van der Waals surface area contributed by atoms with Gasteiger partial charge in [-0.1, -0.05) is 13.8 Å². The molecule has 1 aliphatic carbocycles. The van der Waals surface area contributed by atoms with Crippen molar-refractivity contribution in [1.29, 1.82) is 0 Å². The first kappa shape index (κ1) is 28.9. The molecule has 1 aromatic heterocycles. The van der Waals surface area contributed by atoms with Crippen molar-refractivity contribution in [2.75, 3.05) is 41.3 Å². The molecule has 6 nitrogen and oxygen atoms in total. The lowest BCUT2D eigenvalue weighted by atomic mass is 9.61. The summed E-state index contributed by atoms with van der Waals surface area (Å²) in [5.74, 6) is -8.22. The van der Waals surface area contributed by atoms with Gasteiger partial charge in [0, 0.05) is 63.0 Å². The summed E-state index contributed by atoms with van der Waals surface area (Å²) >= 11 is 0. The molecule has 3 heterocycles. The number of carbonyl (C=O) groups excluding carboxylic acids is 1. The summed E-state index contributed by atoms with van der Waals surface area (Å²) in [4.78, 5) is 19.5. The summed E-state index contributed by atoms with van der Waals surface area (Å²) in [6, 6.07) is 3.23. The van der Waals surface area contributed by atoms with E-state index < -0.39 is 65.9 Å². The first-order valence-electron chi connectivity index (χ1n) is 12.6. The molecule has 216 valence electrons. The van der Waals surface area contributed by atoms with Crippen LogP contribution in [0.25, 0.3) is 0 Å². The van der Waals surface area contributed by atoms with Crippen LogP contribution in [-0.2, 0) is 6.42 Å². The highest BCUT2D eigenvalue weighted by molar-refractivity contribution is 6.04. The first-order valence-corrected chi connectivity index (χ1v) is 12.6. The van der Waals surface area contributed by atoms with Crippen molar-refractivity contribution in [3.05, 3.63) is 35.5 Å². The number of nitrogens with one attached hydrogen (secondary N) is 1. The number of halogens is 8. The van der Waals surface area contributed by atoms with E-state index in [1.165, 1.54) is 21.9 Å². The lowest BCUT2D eigenvalue weighted by Crippen LogP contribution is -2.66. The maximum absolute atomic E-state index is 14.7. The number of benzene rings is 1. The number of piperidine rings is 1. The Morgan fingerprint density at radius 1 is 1.03 bits per heavy atom. The van der Waals surface area contributed by atoms with Gasteiger partial charge in [-0.15, -0.1) is 0 Å². The highest BCUT2D eigenvalue weighted by Crippen LogP contribution is 2.57. The van der Waals surface area contributed by atoms with Gasteiger partial charge in [-0.05, 0) is 18.2 Å². The van der Waals surface area contributed by atoms with E-state index in [0.717, 1.165) is 6.07 Å². The van der Waals surface area contributed by atoms with Gasteiger partial charge in [0.2, 0.25) is 5.92 Å². The summed E-state index contributed by atoms with van der Waals surface area (Å²) < 4.78 is 112. The van der Waals surface area contributed by atoms with Crippen molar-refractivity contribution < 1.29 is 44.3 Å². The number of amides is 1. The third-order valence-corrected chi connectivity index (χ3v) is 6.89. The zero-order valence-electron chi connectivity index (χ0n) is 21.3. The van der Waals surface area contributed by atoms with Crippen LogP contribution in [0, 0.1) is 11.2 Å². The van der Waals surface area contributed by atoms with Gasteiger partial charge in [-0.25, -0.2) is 22.0 Å². The summed E-state index contributed by atoms with van der Waals surface area (Å²) in [6.45, 7) is 4.11. The largest absolute Gasteiger partial charge is 0.427 e. The zero-order chi connectivity index (χ0) is 28.8. The van der Waals surface area contributed by atoms with E-state index in [4.69, 9.17) is 4.42 Å². The average molecular weight is 569 g/mol. The number of anilines is 3. The Morgan fingerprint density at radius 3 is 2.18 bits per heavy atom. The number of alkyl halides is 7. The maximum Gasteiger partial charge on any atom is 0.396 e. The van der Waals surface area contributed by atoms with Crippen molar-refractivity contribution in [2.45, 2.75) is 64.0 Å². The van der Waals surface area contributed by atoms with Crippen LogP contribution in [0.2, 0.25) is 0 Å². The Bertz CT molecular complexity index is 1190. The molecule has 0 atom stereocenters. The lowest BCUT2D eigenvalue weighted by molar-refractivity contribution is -0.171. The minimum absolute atomic E-state index is 0.0586. The van der Waals surface area contributed by atoms with Crippen molar-refractivity contribution in [3.63, 3.8) is 0 Å². The smallest absolute Gasteiger partial charge is 0.396 e. The summed E-state index contributed by atoms with van der Waals surface area (Å²) in [5.41, 5.74) is -1.33. The van der Waals surface area contributed by atoms with E-state index in [2.05, 4.69) is 10.3 Å². The second kappa shape index (κ2) is 10.2. The zero-order valence-corrected chi connectivity index (χ0v) is 21.3. The molecule has 1 aromatic carbocycles. The number of hydrogen-bond donors (Lipinski definition) is 1. The van der Waals surface area contributed by atoms with Crippen LogP contribution >= 0.6 is 0 Å². The van der Waals surface area contributed by atoms with Crippen LogP contribution in [0.5, 0.6) is 0 Å². The first-order chi connectivity index (χ1) is 18.1. The Balaban J connectivity index is 0.00000172. The molecular weight excluding hydrogens is 540 g/mol. The van der Waals surface area contributed by atoms with Gasteiger partial charge < -0.3 is 19.5 Å². The van der Waals surface area contributed by atoms with Crippen LogP contribution in [0.15, 0.2) is 22.6 Å². The molecule has 2 aromatic rings. The molecule has 0 unspecified atom stereocenters. The fourth-order valence-corrected chi connectivity index (χ4v) is 5.23. The van der Waals surface area contributed by atoms with E-state index in [-0.39, 0.29) is 56.4 Å². The van der Waals surface area contributed by atoms with Gasteiger partial charge in [0.25, 0.3) is 17.8 Å². The number of nitrogens with zero attached hydrogens (tertiary/aromatic N) is 3. The summed E-state index contributed by atoms with van der Waals surface area (Å²) in [7, 11) is 0. The van der Waals surface area contributed by atoms with Crippen LogP contribution in [0.4, 0.5) is 52.5 Å². The molecule has 1 amide bonds. The van der Waals surface area contributed by atoms with Crippen molar-refractivity contribution in [1.82, 2.24) is 4.98 Å². The molecule has 3 aliphatic rings. The molecule has 0 radical (unpaired) electrons. The van der Waals surface area contributed by atoms with Gasteiger partial charge in [0.15, 0.2) is 5.69 Å². The monoisotopic (exact) mass is 568 g/mol. The third kappa shape index (κ3) is 6.40. The second-order valence-corrected chi connectivity index (χ2v) is 10.1. The summed E-state index contributed by atoms with van der Waals surface area (Å²) in [6.07, 6.45) is -7.84. The fourth-order valence-electron chi connectivity index (χ4n) is 5.23. The predicted octanol–water partition coefficient (Wildman–Crippen LogP) is 6.67. The van der Waals surface area contributed by atoms with Gasteiger partial charge in [0.05, 0.1) is 5.69 Å².